The van der Waals surface area contributed by atoms with Crippen molar-refractivity contribution in [2.45, 2.75) is 32.9 Å². The highest BCUT2D eigenvalue weighted by atomic mass is 19.1. The molecule has 0 aliphatic carbocycles. The van der Waals surface area contributed by atoms with E-state index in [-0.39, 0.29) is 5.82 Å². The molecule has 2 aromatic rings. The van der Waals surface area contributed by atoms with Crippen LogP contribution in [0.3, 0.4) is 0 Å². The highest BCUT2D eigenvalue weighted by molar-refractivity contribution is 5.17. The lowest BCUT2D eigenvalue weighted by Crippen LogP contribution is -2.17. The zero-order chi connectivity index (χ0) is 13.5. The van der Waals surface area contributed by atoms with Crippen molar-refractivity contribution in [3.63, 3.8) is 0 Å². The standard InChI is InChI=1S/C15H20FN3/c1-2-3-7-17-9-15-10-18-12-19(15)11-13-5-4-6-14(16)8-13/h4-6,8,10,12,17H,2-3,7,9,11H2,1H3. The van der Waals surface area contributed by atoms with E-state index in [1.165, 1.54) is 18.9 Å². The Hall–Kier alpha value is -1.68. The number of imidazole rings is 1. The number of halogens is 1. The van der Waals surface area contributed by atoms with E-state index in [4.69, 9.17) is 0 Å². The fraction of sp³-hybridized carbons (Fsp3) is 0.400. The van der Waals surface area contributed by atoms with Gasteiger partial charge in [-0.05, 0) is 30.7 Å². The molecule has 102 valence electrons. The summed E-state index contributed by atoms with van der Waals surface area (Å²) in [6.45, 7) is 4.65. The van der Waals surface area contributed by atoms with E-state index in [2.05, 4.69) is 17.2 Å². The van der Waals surface area contributed by atoms with E-state index < -0.39 is 0 Å². The summed E-state index contributed by atoms with van der Waals surface area (Å²) in [6.07, 6.45) is 6.02. The smallest absolute Gasteiger partial charge is 0.123 e. The molecule has 3 nitrogen and oxygen atoms in total. The molecule has 1 aromatic heterocycles. The summed E-state index contributed by atoms with van der Waals surface area (Å²) < 4.78 is 15.2. The lowest BCUT2D eigenvalue weighted by Gasteiger charge is -2.09. The molecule has 1 N–H and O–H groups in total. The minimum Gasteiger partial charge on any atom is -0.329 e. The van der Waals surface area contributed by atoms with E-state index in [9.17, 15) is 4.39 Å². The van der Waals surface area contributed by atoms with E-state index in [1.54, 1.807) is 18.5 Å². The summed E-state index contributed by atoms with van der Waals surface area (Å²) in [5, 5.41) is 3.39. The summed E-state index contributed by atoms with van der Waals surface area (Å²) in [5.74, 6) is -0.194. The molecule has 0 aliphatic heterocycles. The van der Waals surface area contributed by atoms with Gasteiger partial charge in [0.1, 0.15) is 5.82 Å². The van der Waals surface area contributed by atoms with Crippen molar-refractivity contribution >= 4 is 0 Å². The second kappa shape index (κ2) is 7.04. The molecule has 0 unspecified atom stereocenters. The van der Waals surface area contributed by atoms with Crippen molar-refractivity contribution in [1.82, 2.24) is 14.9 Å². The van der Waals surface area contributed by atoms with Crippen LogP contribution >= 0.6 is 0 Å². The van der Waals surface area contributed by atoms with Gasteiger partial charge in [0.05, 0.1) is 12.0 Å². The maximum atomic E-state index is 13.1. The normalized spacial score (nSPS) is 10.8. The van der Waals surface area contributed by atoms with Crippen LogP contribution in [0.5, 0.6) is 0 Å². The van der Waals surface area contributed by atoms with Crippen LogP contribution < -0.4 is 5.32 Å². The molecule has 4 heteroatoms. The predicted molar refractivity (Wildman–Crippen MR) is 74.3 cm³/mol. The molecule has 1 aromatic carbocycles. The molecule has 0 bridgehead atoms. The summed E-state index contributed by atoms with van der Waals surface area (Å²) in [4.78, 5) is 4.17. The van der Waals surface area contributed by atoms with E-state index in [0.717, 1.165) is 24.3 Å². The third-order valence-electron chi connectivity index (χ3n) is 3.05. The first-order valence-electron chi connectivity index (χ1n) is 6.73. The summed E-state index contributed by atoms with van der Waals surface area (Å²) in [6, 6.07) is 6.69. The van der Waals surface area contributed by atoms with Crippen molar-refractivity contribution in [3.8, 4) is 0 Å². The van der Waals surface area contributed by atoms with Crippen molar-refractivity contribution in [2.24, 2.45) is 0 Å². The zero-order valence-corrected chi connectivity index (χ0v) is 11.3. The summed E-state index contributed by atoms with van der Waals surface area (Å²) in [7, 11) is 0. The molecule has 0 aliphatic rings. The first kappa shape index (κ1) is 13.7. The molecular formula is C15H20FN3. The third-order valence-corrected chi connectivity index (χ3v) is 3.05. The molecule has 19 heavy (non-hydrogen) atoms. The fourth-order valence-corrected chi connectivity index (χ4v) is 1.99. The lowest BCUT2D eigenvalue weighted by molar-refractivity contribution is 0.605. The van der Waals surface area contributed by atoms with Gasteiger partial charge < -0.3 is 9.88 Å². The van der Waals surface area contributed by atoms with Crippen LogP contribution in [-0.2, 0) is 13.1 Å². The van der Waals surface area contributed by atoms with Gasteiger partial charge in [0.15, 0.2) is 0 Å². The Morgan fingerprint density at radius 3 is 3.05 bits per heavy atom. The second-order valence-corrected chi connectivity index (χ2v) is 4.67. The number of nitrogens with zero attached hydrogens (tertiary/aromatic N) is 2. The van der Waals surface area contributed by atoms with Crippen molar-refractivity contribution in [2.75, 3.05) is 6.54 Å². The van der Waals surface area contributed by atoms with Gasteiger partial charge in [-0.1, -0.05) is 25.5 Å². The average molecular weight is 261 g/mol. The highest BCUT2D eigenvalue weighted by Crippen LogP contribution is 2.08. The second-order valence-electron chi connectivity index (χ2n) is 4.67. The number of rotatable bonds is 7. The minimum atomic E-state index is -0.194. The van der Waals surface area contributed by atoms with Gasteiger partial charge >= 0.3 is 0 Å². The number of benzene rings is 1. The summed E-state index contributed by atoms with van der Waals surface area (Å²) in [5.41, 5.74) is 2.08. The van der Waals surface area contributed by atoms with Crippen LogP contribution in [-0.4, -0.2) is 16.1 Å². The molecule has 0 spiro atoms. The Balaban J connectivity index is 1.95. The van der Waals surface area contributed by atoms with Crippen LogP contribution in [0.25, 0.3) is 0 Å². The number of hydrogen-bond acceptors (Lipinski definition) is 2. The molecule has 0 amide bonds. The molecule has 0 saturated heterocycles. The largest absolute Gasteiger partial charge is 0.329 e. The molecular weight excluding hydrogens is 241 g/mol. The maximum Gasteiger partial charge on any atom is 0.123 e. The van der Waals surface area contributed by atoms with Crippen LogP contribution in [0.4, 0.5) is 4.39 Å². The number of nitrogens with one attached hydrogen (secondary N) is 1. The first-order chi connectivity index (χ1) is 9.29. The summed E-state index contributed by atoms with van der Waals surface area (Å²) >= 11 is 0. The van der Waals surface area contributed by atoms with Gasteiger partial charge in [-0.15, -0.1) is 0 Å². The lowest BCUT2D eigenvalue weighted by atomic mass is 10.2. The Kier molecular flexibility index (Phi) is 5.10. The monoisotopic (exact) mass is 261 g/mol. The van der Waals surface area contributed by atoms with Crippen LogP contribution in [0, 0.1) is 5.82 Å². The van der Waals surface area contributed by atoms with E-state index >= 15 is 0 Å². The van der Waals surface area contributed by atoms with Crippen molar-refractivity contribution in [3.05, 3.63) is 53.9 Å². The van der Waals surface area contributed by atoms with Crippen LogP contribution in [0.1, 0.15) is 31.0 Å². The van der Waals surface area contributed by atoms with Gasteiger partial charge in [-0.3, -0.25) is 0 Å². The highest BCUT2D eigenvalue weighted by Gasteiger charge is 2.03. The Morgan fingerprint density at radius 2 is 2.26 bits per heavy atom. The molecule has 2 rings (SSSR count). The average Bonchev–Trinajstić information content (AvgIpc) is 2.82. The third kappa shape index (κ3) is 4.17. The van der Waals surface area contributed by atoms with Crippen LogP contribution in [0.2, 0.25) is 0 Å². The molecule has 0 radical (unpaired) electrons. The van der Waals surface area contributed by atoms with Crippen molar-refractivity contribution in [1.29, 1.82) is 0 Å². The van der Waals surface area contributed by atoms with E-state index in [1.807, 2.05) is 16.8 Å². The van der Waals surface area contributed by atoms with E-state index in [0.29, 0.717) is 6.54 Å². The zero-order valence-electron chi connectivity index (χ0n) is 11.3. The number of unbranched alkanes of at least 4 members (excludes halogenated alkanes) is 1. The predicted octanol–water partition coefficient (Wildman–Crippen LogP) is 2.96. The minimum absolute atomic E-state index is 0.194. The molecule has 0 atom stereocenters. The van der Waals surface area contributed by atoms with Crippen LogP contribution in [0.15, 0.2) is 36.8 Å². The van der Waals surface area contributed by atoms with Crippen molar-refractivity contribution < 1.29 is 4.39 Å². The Morgan fingerprint density at radius 1 is 1.37 bits per heavy atom. The van der Waals surface area contributed by atoms with Gasteiger partial charge in [-0.2, -0.15) is 0 Å². The SMILES string of the molecule is CCCCNCc1cncn1Cc1cccc(F)c1. The Labute approximate surface area is 113 Å². The van der Waals surface area contributed by atoms with Gasteiger partial charge in [0.2, 0.25) is 0 Å². The maximum absolute atomic E-state index is 13.1. The number of aromatic nitrogens is 2. The Bertz CT molecular complexity index is 508. The van der Waals surface area contributed by atoms with Gasteiger partial charge in [0.25, 0.3) is 0 Å². The topological polar surface area (TPSA) is 29.9 Å². The first-order valence-corrected chi connectivity index (χ1v) is 6.73. The molecule has 0 saturated carbocycles. The quantitative estimate of drug-likeness (QED) is 0.777. The molecule has 0 fully saturated rings. The molecule has 1 heterocycles. The number of hydrogen-bond donors (Lipinski definition) is 1. The van der Waals surface area contributed by atoms with Gasteiger partial charge in [-0.25, -0.2) is 9.37 Å². The fourth-order valence-electron chi connectivity index (χ4n) is 1.99. The van der Waals surface area contributed by atoms with Gasteiger partial charge in [0, 0.05) is 19.3 Å².